The summed E-state index contributed by atoms with van der Waals surface area (Å²) < 4.78 is 0. The second-order valence-electron chi connectivity index (χ2n) is 14.8. The third-order valence-corrected chi connectivity index (χ3v) is 10.0. The molecule has 0 aliphatic heterocycles. The van der Waals surface area contributed by atoms with Crippen LogP contribution in [0.5, 0.6) is 0 Å². The molecule has 0 amide bonds. The minimum atomic E-state index is -0.664. The molecule has 2 N–H and O–H groups in total. The van der Waals surface area contributed by atoms with Crippen LogP contribution in [0.2, 0.25) is 0 Å². The Kier molecular flexibility index (Phi) is 38.5. The normalized spacial score (nSPS) is 12.4. The molecule has 4 nitrogen and oxygen atoms in total. The molecule has 0 bridgehead atoms. The van der Waals surface area contributed by atoms with Gasteiger partial charge in [-0.15, -0.1) is 0 Å². The highest BCUT2D eigenvalue weighted by molar-refractivity contribution is 5.66. The van der Waals surface area contributed by atoms with Crippen molar-refractivity contribution in [3.05, 3.63) is 24.3 Å². The van der Waals surface area contributed by atoms with Gasteiger partial charge in [0.15, 0.2) is 0 Å². The summed E-state index contributed by atoms with van der Waals surface area (Å²) in [4.78, 5) is 21.1. The van der Waals surface area contributed by atoms with E-state index in [1.54, 1.807) is 0 Å². The molecule has 0 saturated carbocycles. The first kappa shape index (κ1) is 46.4. The molecular weight excluding hydrogens is 592 g/mol. The maximum Gasteiger partial charge on any atom is 0.303 e. The standard InChI is InChI=1S/C44H82O4/c1-2-3-4-27-32-37-42(38-33-28-23-19-15-11-7-5-9-13-17-21-25-30-35-40-43(45)46)39-34-29-24-20-16-12-8-6-10-14-18-22-26-31-36-41-44(47)48/h5-6,9-10,42H,2-4,7-8,11-41H2,1H3,(H,45,46)(H,47,48). The first-order chi connectivity index (χ1) is 23.6. The highest BCUT2D eigenvalue weighted by Gasteiger charge is 2.09. The van der Waals surface area contributed by atoms with Gasteiger partial charge in [0, 0.05) is 12.8 Å². The molecule has 0 aromatic rings. The minimum Gasteiger partial charge on any atom is -0.481 e. The lowest BCUT2D eigenvalue weighted by molar-refractivity contribution is -0.138. The van der Waals surface area contributed by atoms with Crippen LogP contribution in [0, 0.1) is 5.92 Å². The molecule has 0 fully saturated rings. The van der Waals surface area contributed by atoms with E-state index in [0.717, 1.165) is 31.6 Å². The van der Waals surface area contributed by atoms with E-state index < -0.39 is 11.9 Å². The van der Waals surface area contributed by atoms with Gasteiger partial charge in [-0.05, 0) is 70.1 Å². The van der Waals surface area contributed by atoms with Gasteiger partial charge in [-0.3, -0.25) is 9.59 Å². The molecule has 0 atom stereocenters. The van der Waals surface area contributed by atoms with E-state index in [1.807, 2.05) is 0 Å². The van der Waals surface area contributed by atoms with Crippen LogP contribution in [0.4, 0.5) is 0 Å². The number of carboxylic acids is 2. The molecule has 0 heterocycles. The summed E-state index contributed by atoms with van der Waals surface area (Å²) in [5.41, 5.74) is 0. The summed E-state index contributed by atoms with van der Waals surface area (Å²) in [6.07, 6.45) is 54.3. The molecule has 0 saturated heterocycles. The Morgan fingerprint density at radius 2 is 0.625 bits per heavy atom. The van der Waals surface area contributed by atoms with Crippen LogP contribution in [0.1, 0.15) is 238 Å². The summed E-state index contributed by atoms with van der Waals surface area (Å²) in [6, 6.07) is 0. The first-order valence-electron chi connectivity index (χ1n) is 21.3. The lowest BCUT2D eigenvalue weighted by Crippen LogP contribution is -2.01. The summed E-state index contributed by atoms with van der Waals surface area (Å²) in [5.74, 6) is -0.360. The van der Waals surface area contributed by atoms with Crippen LogP contribution < -0.4 is 0 Å². The Labute approximate surface area is 299 Å². The summed E-state index contributed by atoms with van der Waals surface area (Å²) in [7, 11) is 0. The van der Waals surface area contributed by atoms with Gasteiger partial charge < -0.3 is 10.2 Å². The molecule has 282 valence electrons. The van der Waals surface area contributed by atoms with Gasteiger partial charge in [-0.2, -0.15) is 0 Å². The smallest absolute Gasteiger partial charge is 0.303 e. The topological polar surface area (TPSA) is 74.6 Å². The van der Waals surface area contributed by atoms with Crippen LogP contribution in [-0.4, -0.2) is 22.2 Å². The Morgan fingerprint density at radius 3 is 0.917 bits per heavy atom. The summed E-state index contributed by atoms with van der Waals surface area (Å²) in [5, 5.41) is 17.4. The van der Waals surface area contributed by atoms with Crippen molar-refractivity contribution in [2.75, 3.05) is 0 Å². The third-order valence-electron chi connectivity index (χ3n) is 10.0. The second kappa shape index (κ2) is 39.9. The number of aliphatic carboxylic acids is 2. The van der Waals surface area contributed by atoms with E-state index in [4.69, 9.17) is 10.2 Å². The zero-order chi connectivity index (χ0) is 35.0. The van der Waals surface area contributed by atoms with Crippen molar-refractivity contribution >= 4 is 11.9 Å². The molecule has 0 aliphatic rings. The fourth-order valence-corrected chi connectivity index (χ4v) is 6.88. The van der Waals surface area contributed by atoms with Gasteiger partial charge in [0.25, 0.3) is 0 Å². The number of hydrogen-bond donors (Lipinski definition) is 2. The number of rotatable bonds is 40. The monoisotopic (exact) mass is 675 g/mol. The predicted molar refractivity (Wildman–Crippen MR) is 209 cm³/mol. The Balaban J connectivity index is 3.75. The van der Waals surface area contributed by atoms with Gasteiger partial charge >= 0.3 is 11.9 Å². The van der Waals surface area contributed by atoms with Crippen LogP contribution in [0.15, 0.2) is 24.3 Å². The highest BCUT2D eigenvalue weighted by Crippen LogP contribution is 2.25. The molecule has 0 aromatic carbocycles. The van der Waals surface area contributed by atoms with Gasteiger partial charge in [-0.1, -0.05) is 185 Å². The van der Waals surface area contributed by atoms with Crippen LogP contribution in [0.3, 0.4) is 0 Å². The molecular formula is C44H82O4. The average Bonchev–Trinajstić information content (AvgIpc) is 3.06. The Bertz CT molecular complexity index is 673. The lowest BCUT2D eigenvalue weighted by atomic mass is 9.89. The zero-order valence-corrected chi connectivity index (χ0v) is 32.1. The maximum atomic E-state index is 10.5. The van der Waals surface area contributed by atoms with E-state index in [2.05, 4.69) is 31.2 Å². The molecule has 0 radical (unpaired) electrons. The van der Waals surface area contributed by atoms with Crippen LogP contribution in [0.25, 0.3) is 0 Å². The summed E-state index contributed by atoms with van der Waals surface area (Å²) >= 11 is 0. The van der Waals surface area contributed by atoms with Crippen molar-refractivity contribution in [3.8, 4) is 0 Å². The van der Waals surface area contributed by atoms with E-state index in [-0.39, 0.29) is 0 Å². The quantitative estimate of drug-likeness (QED) is 0.0501. The van der Waals surface area contributed by atoms with Crippen molar-refractivity contribution in [3.63, 3.8) is 0 Å². The molecule has 0 rings (SSSR count). The number of allylic oxidation sites excluding steroid dienone is 4. The van der Waals surface area contributed by atoms with Crippen LogP contribution >= 0.6 is 0 Å². The van der Waals surface area contributed by atoms with E-state index >= 15 is 0 Å². The first-order valence-corrected chi connectivity index (χ1v) is 21.3. The fourth-order valence-electron chi connectivity index (χ4n) is 6.88. The lowest BCUT2D eigenvalue weighted by Gasteiger charge is -2.17. The van der Waals surface area contributed by atoms with Crippen molar-refractivity contribution in [2.24, 2.45) is 5.92 Å². The predicted octanol–water partition coefficient (Wildman–Crippen LogP) is 14.9. The van der Waals surface area contributed by atoms with Crippen molar-refractivity contribution in [1.82, 2.24) is 0 Å². The van der Waals surface area contributed by atoms with E-state index in [9.17, 15) is 9.59 Å². The zero-order valence-electron chi connectivity index (χ0n) is 32.1. The number of hydrogen-bond acceptors (Lipinski definition) is 2. The molecule has 0 unspecified atom stereocenters. The van der Waals surface area contributed by atoms with Crippen molar-refractivity contribution < 1.29 is 19.8 Å². The average molecular weight is 675 g/mol. The molecule has 0 aliphatic carbocycles. The van der Waals surface area contributed by atoms with Gasteiger partial charge in [0.1, 0.15) is 0 Å². The molecule has 0 aromatic heterocycles. The van der Waals surface area contributed by atoms with Gasteiger partial charge in [0.05, 0.1) is 0 Å². The molecule has 4 heteroatoms. The van der Waals surface area contributed by atoms with E-state index in [0.29, 0.717) is 12.8 Å². The van der Waals surface area contributed by atoms with Gasteiger partial charge in [-0.25, -0.2) is 0 Å². The highest BCUT2D eigenvalue weighted by atomic mass is 16.4. The number of unbranched alkanes of at least 4 members (excludes halogenated alkanes) is 26. The van der Waals surface area contributed by atoms with E-state index in [1.165, 1.54) is 193 Å². The largest absolute Gasteiger partial charge is 0.481 e. The SMILES string of the molecule is CCCCCCCC(CCCCCCCCC=CCCCCCCCC(=O)O)CCCCCCCCC=CCCCCCCCC(=O)O. The Morgan fingerprint density at radius 1 is 0.375 bits per heavy atom. The second-order valence-corrected chi connectivity index (χ2v) is 14.8. The van der Waals surface area contributed by atoms with Crippen molar-refractivity contribution in [2.45, 2.75) is 238 Å². The summed E-state index contributed by atoms with van der Waals surface area (Å²) in [6.45, 7) is 2.31. The molecule has 0 spiro atoms. The van der Waals surface area contributed by atoms with Crippen LogP contribution in [-0.2, 0) is 9.59 Å². The number of carboxylic acid groups (broad SMARTS) is 2. The number of carbonyl (C=O) groups is 2. The van der Waals surface area contributed by atoms with Gasteiger partial charge in [0.2, 0.25) is 0 Å². The fraction of sp³-hybridized carbons (Fsp3) is 0.864. The minimum absolute atomic E-state index is 0.324. The van der Waals surface area contributed by atoms with Crippen molar-refractivity contribution in [1.29, 1.82) is 0 Å². The maximum absolute atomic E-state index is 10.5. The Hall–Kier alpha value is -1.58. The molecule has 48 heavy (non-hydrogen) atoms. The third kappa shape index (κ3) is 40.6.